The molecule has 1 N–H and O–H groups in total. The van der Waals surface area contributed by atoms with Gasteiger partial charge >= 0.3 is 0 Å². The molecular weight excluding hydrogens is 224 g/mol. The molecule has 0 saturated heterocycles. The van der Waals surface area contributed by atoms with Crippen LogP contribution in [0.2, 0.25) is 0 Å². The predicted octanol–water partition coefficient (Wildman–Crippen LogP) is 2.52. The van der Waals surface area contributed by atoms with Crippen LogP contribution >= 0.6 is 0 Å². The SMILES string of the molecule is CCNC(C)CCN(C)Cc1cccc(OC)c1. The molecule has 0 amide bonds. The van der Waals surface area contributed by atoms with Crippen molar-refractivity contribution in [3.63, 3.8) is 0 Å². The first-order chi connectivity index (χ1) is 8.65. The van der Waals surface area contributed by atoms with Crippen molar-refractivity contribution < 1.29 is 4.74 Å². The molecule has 0 spiro atoms. The van der Waals surface area contributed by atoms with Gasteiger partial charge in [0.15, 0.2) is 0 Å². The van der Waals surface area contributed by atoms with Gasteiger partial charge in [0.2, 0.25) is 0 Å². The minimum absolute atomic E-state index is 0.586. The molecule has 1 unspecified atom stereocenters. The van der Waals surface area contributed by atoms with Crippen molar-refractivity contribution in [1.82, 2.24) is 10.2 Å². The van der Waals surface area contributed by atoms with E-state index in [-0.39, 0.29) is 0 Å². The van der Waals surface area contributed by atoms with Crippen molar-refractivity contribution in [3.05, 3.63) is 29.8 Å². The highest BCUT2D eigenvalue weighted by Gasteiger charge is 2.04. The van der Waals surface area contributed by atoms with Crippen molar-refractivity contribution in [2.75, 3.05) is 27.2 Å². The highest BCUT2D eigenvalue weighted by Crippen LogP contribution is 2.13. The van der Waals surface area contributed by atoms with E-state index in [1.54, 1.807) is 7.11 Å². The molecule has 0 fully saturated rings. The molecule has 102 valence electrons. The van der Waals surface area contributed by atoms with Gasteiger partial charge < -0.3 is 15.0 Å². The molecule has 1 aromatic rings. The lowest BCUT2D eigenvalue weighted by atomic mass is 10.2. The first kappa shape index (κ1) is 15.0. The molecule has 18 heavy (non-hydrogen) atoms. The Hall–Kier alpha value is -1.06. The quantitative estimate of drug-likeness (QED) is 0.767. The van der Waals surface area contributed by atoms with Crippen LogP contribution in [0.4, 0.5) is 0 Å². The number of rotatable bonds is 8. The number of nitrogens with one attached hydrogen (secondary N) is 1. The number of methoxy groups -OCH3 is 1. The maximum Gasteiger partial charge on any atom is 0.119 e. The Morgan fingerprint density at radius 3 is 2.83 bits per heavy atom. The zero-order valence-corrected chi connectivity index (χ0v) is 12.1. The summed E-state index contributed by atoms with van der Waals surface area (Å²) in [5.41, 5.74) is 1.30. The lowest BCUT2D eigenvalue weighted by Gasteiger charge is -2.20. The van der Waals surface area contributed by atoms with Crippen molar-refractivity contribution in [2.24, 2.45) is 0 Å². The summed E-state index contributed by atoms with van der Waals surface area (Å²) in [5, 5.41) is 3.44. The van der Waals surface area contributed by atoms with Crippen molar-refractivity contribution in [2.45, 2.75) is 32.9 Å². The monoisotopic (exact) mass is 250 g/mol. The van der Waals surface area contributed by atoms with Gasteiger partial charge in [0.05, 0.1) is 7.11 Å². The molecule has 0 aliphatic heterocycles. The number of benzene rings is 1. The Morgan fingerprint density at radius 2 is 2.17 bits per heavy atom. The maximum atomic E-state index is 5.24. The summed E-state index contributed by atoms with van der Waals surface area (Å²) in [6.07, 6.45) is 1.17. The van der Waals surface area contributed by atoms with Gasteiger partial charge in [-0.05, 0) is 51.2 Å². The predicted molar refractivity (Wildman–Crippen MR) is 77.1 cm³/mol. The van der Waals surface area contributed by atoms with Crippen LogP contribution in [-0.2, 0) is 6.54 Å². The van der Waals surface area contributed by atoms with Crippen molar-refractivity contribution in [3.8, 4) is 5.75 Å². The van der Waals surface area contributed by atoms with Gasteiger partial charge in [-0.1, -0.05) is 19.1 Å². The smallest absolute Gasteiger partial charge is 0.119 e. The molecular formula is C15H26N2O. The maximum absolute atomic E-state index is 5.24. The molecule has 0 radical (unpaired) electrons. The molecule has 1 aromatic carbocycles. The second kappa shape index (κ2) is 8.11. The summed E-state index contributed by atoms with van der Waals surface area (Å²) in [6.45, 7) is 7.50. The summed E-state index contributed by atoms with van der Waals surface area (Å²) in [6, 6.07) is 8.86. The molecule has 1 rings (SSSR count). The van der Waals surface area contributed by atoms with Gasteiger partial charge in [0, 0.05) is 12.6 Å². The molecule has 0 aromatic heterocycles. The Bertz CT molecular complexity index is 341. The number of ether oxygens (including phenoxy) is 1. The highest BCUT2D eigenvalue weighted by molar-refractivity contribution is 5.28. The van der Waals surface area contributed by atoms with E-state index in [4.69, 9.17) is 4.74 Å². The van der Waals surface area contributed by atoms with Crippen LogP contribution in [0, 0.1) is 0 Å². The fourth-order valence-corrected chi connectivity index (χ4v) is 2.03. The Kier molecular flexibility index (Phi) is 6.76. The average molecular weight is 250 g/mol. The Morgan fingerprint density at radius 1 is 1.39 bits per heavy atom. The van der Waals surface area contributed by atoms with Gasteiger partial charge in [0.1, 0.15) is 5.75 Å². The fraction of sp³-hybridized carbons (Fsp3) is 0.600. The molecule has 0 aliphatic carbocycles. The molecule has 0 aliphatic rings. The second-order valence-electron chi connectivity index (χ2n) is 4.84. The molecule has 3 heteroatoms. The lowest BCUT2D eigenvalue weighted by Crippen LogP contribution is -2.30. The van der Waals surface area contributed by atoms with Crippen molar-refractivity contribution in [1.29, 1.82) is 0 Å². The third-order valence-corrected chi connectivity index (χ3v) is 3.08. The van der Waals surface area contributed by atoms with E-state index in [1.807, 2.05) is 12.1 Å². The standard InChI is InChI=1S/C15H26N2O/c1-5-16-13(2)9-10-17(3)12-14-7-6-8-15(11-14)18-4/h6-8,11,13,16H,5,9-10,12H2,1-4H3. The normalized spacial score (nSPS) is 12.7. The topological polar surface area (TPSA) is 24.5 Å². The van der Waals surface area contributed by atoms with Crippen LogP contribution in [-0.4, -0.2) is 38.2 Å². The summed E-state index contributed by atoms with van der Waals surface area (Å²) in [7, 11) is 3.87. The summed E-state index contributed by atoms with van der Waals surface area (Å²) in [5.74, 6) is 0.932. The van der Waals surface area contributed by atoms with E-state index in [0.29, 0.717) is 6.04 Å². The van der Waals surface area contributed by atoms with Gasteiger partial charge in [-0.3, -0.25) is 0 Å². The van der Waals surface area contributed by atoms with E-state index in [0.717, 1.165) is 25.4 Å². The van der Waals surface area contributed by atoms with Crippen LogP contribution in [0.25, 0.3) is 0 Å². The summed E-state index contributed by atoms with van der Waals surface area (Å²) >= 11 is 0. The second-order valence-corrected chi connectivity index (χ2v) is 4.84. The van der Waals surface area contributed by atoms with Crippen LogP contribution in [0.15, 0.2) is 24.3 Å². The largest absolute Gasteiger partial charge is 0.497 e. The average Bonchev–Trinajstić information content (AvgIpc) is 2.37. The minimum atomic E-state index is 0.586. The van der Waals surface area contributed by atoms with E-state index in [9.17, 15) is 0 Å². The Labute approximate surface area is 111 Å². The molecule has 0 heterocycles. The number of nitrogens with zero attached hydrogens (tertiary/aromatic N) is 1. The Balaban J connectivity index is 2.36. The third-order valence-electron chi connectivity index (χ3n) is 3.08. The van der Waals surface area contributed by atoms with E-state index in [2.05, 4.69) is 43.2 Å². The zero-order chi connectivity index (χ0) is 13.4. The van der Waals surface area contributed by atoms with Crippen LogP contribution in [0.3, 0.4) is 0 Å². The third kappa shape index (κ3) is 5.52. The molecule has 3 nitrogen and oxygen atoms in total. The first-order valence-corrected chi connectivity index (χ1v) is 6.70. The summed E-state index contributed by atoms with van der Waals surface area (Å²) < 4.78 is 5.24. The van der Waals surface area contributed by atoms with E-state index in [1.165, 1.54) is 12.0 Å². The molecule has 1 atom stereocenters. The zero-order valence-electron chi connectivity index (χ0n) is 12.1. The fourth-order valence-electron chi connectivity index (χ4n) is 2.03. The van der Waals surface area contributed by atoms with Crippen LogP contribution in [0.5, 0.6) is 5.75 Å². The van der Waals surface area contributed by atoms with Crippen LogP contribution < -0.4 is 10.1 Å². The summed E-state index contributed by atoms with van der Waals surface area (Å²) in [4.78, 5) is 2.35. The molecule has 0 saturated carbocycles. The van der Waals surface area contributed by atoms with E-state index >= 15 is 0 Å². The molecule has 0 bridgehead atoms. The highest BCUT2D eigenvalue weighted by atomic mass is 16.5. The number of hydrogen-bond acceptors (Lipinski definition) is 3. The van der Waals surface area contributed by atoms with Gasteiger partial charge in [0.25, 0.3) is 0 Å². The van der Waals surface area contributed by atoms with Crippen molar-refractivity contribution >= 4 is 0 Å². The minimum Gasteiger partial charge on any atom is -0.497 e. The van der Waals surface area contributed by atoms with Gasteiger partial charge in [-0.15, -0.1) is 0 Å². The van der Waals surface area contributed by atoms with Crippen LogP contribution in [0.1, 0.15) is 25.8 Å². The van der Waals surface area contributed by atoms with Gasteiger partial charge in [-0.2, -0.15) is 0 Å². The number of hydrogen-bond donors (Lipinski definition) is 1. The first-order valence-electron chi connectivity index (χ1n) is 6.70. The van der Waals surface area contributed by atoms with Gasteiger partial charge in [-0.25, -0.2) is 0 Å². The van der Waals surface area contributed by atoms with E-state index < -0.39 is 0 Å². The lowest BCUT2D eigenvalue weighted by molar-refractivity contribution is 0.304.